The summed E-state index contributed by atoms with van der Waals surface area (Å²) in [6, 6.07) is 15.5. The molecule has 0 atom stereocenters. The Morgan fingerprint density at radius 3 is 2.50 bits per heavy atom. The minimum absolute atomic E-state index is 0.435. The molecule has 7 nitrogen and oxygen atoms in total. The van der Waals surface area contributed by atoms with Gasteiger partial charge in [-0.25, -0.2) is 0 Å². The smallest absolute Gasteiger partial charge is 0.313 e. The number of benzene rings is 2. The van der Waals surface area contributed by atoms with Crippen LogP contribution in [0.1, 0.15) is 18.9 Å². The summed E-state index contributed by atoms with van der Waals surface area (Å²) in [5, 5.41) is 5.28. The highest BCUT2D eigenvalue weighted by molar-refractivity contribution is 6.39. The van der Waals surface area contributed by atoms with E-state index in [1.807, 2.05) is 13.0 Å². The van der Waals surface area contributed by atoms with Crippen molar-refractivity contribution in [2.75, 3.05) is 49.7 Å². The molecule has 160 valence electrons. The number of carbonyl (C=O) groups excluding carboxylic acids is 2. The van der Waals surface area contributed by atoms with Crippen molar-refractivity contribution in [3.05, 3.63) is 54.1 Å². The van der Waals surface area contributed by atoms with Crippen molar-refractivity contribution in [2.24, 2.45) is 0 Å². The monoisotopic (exact) mass is 411 g/mol. The van der Waals surface area contributed by atoms with Crippen molar-refractivity contribution in [3.63, 3.8) is 0 Å². The van der Waals surface area contributed by atoms with E-state index < -0.39 is 11.8 Å². The molecule has 1 aliphatic rings. The zero-order valence-electron chi connectivity index (χ0n) is 17.4. The second-order valence-corrected chi connectivity index (χ2v) is 7.01. The van der Waals surface area contributed by atoms with Gasteiger partial charge in [0.05, 0.1) is 25.5 Å². The van der Waals surface area contributed by atoms with E-state index in [0.717, 1.165) is 39.1 Å². The second-order valence-electron chi connectivity index (χ2n) is 7.01. The Morgan fingerprint density at radius 2 is 1.77 bits per heavy atom. The third-order valence-electron chi connectivity index (χ3n) is 4.88. The molecule has 1 heterocycles. The second kappa shape index (κ2) is 11.2. The van der Waals surface area contributed by atoms with Crippen LogP contribution in [0.5, 0.6) is 5.75 Å². The van der Waals surface area contributed by atoms with E-state index in [1.165, 1.54) is 11.3 Å². The highest BCUT2D eigenvalue weighted by Crippen LogP contribution is 2.23. The van der Waals surface area contributed by atoms with Crippen LogP contribution in [0.25, 0.3) is 0 Å². The molecule has 0 radical (unpaired) electrons. The van der Waals surface area contributed by atoms with Gasteiger partial charge in [0, 0.05) is 25.3 Å². The molecule has 0 spiro atoms. The standard InChI is InChI=1S/C23H29N3O4/c1-2-30-21-8-4-3-7-20(21)25-23(28)22(27)24-13-5-6-18-9-11-19(12-10-18)26-14-16-29-17-15-26/h3-4,7-12H,2,5-6,13-17H2,1H3,(H,24,27)(H,25,28). The Balaban J connectivity index is 1.39. The van der Waals surface area contributed by atoms with Gasteiger partial charge in [0.25, 0.3) is 0 Å². The van der Waals surface area contributed by atoms with E-state index in [4.69, 9.17) is 9.47 Å². The molecule has 0 aliphatic carbocycles. The Morgan fingerprint density at radius 1 is 1.03 bits per heavy atom. The van der Waals surface area contributed by atoms with Gasteiger partial charge in [-0.15, -0.1) is 0 Å². The lowest BCUT2D eigenvalue weighted by molar-refractivity contribution is -0.136. The highest BCUT2D eigenvalue weighted by Gasteiger charge is 2.15. The topological polar surface area (TPSA) is 79.9 Å². The van der Waals surface area contributed by atoms with E-state index >= 15 is 0 Å². The number of hydrogen-bond acceptors (Lipinski definition) is 5. The van der Waals surface area contributed by atoms with Crippen molar-refractivity contribution in [1.82, 2.24) is 5.32 Å². The molecule has 0 saturated carbocycles. The average Bonchev–Trinajstić information content (AvgIpc) is 2.79. The quantitative estimate of drug-likeness (QED) is 0.516. The van der Waals surface area contributed by atoms with Crippen LogP contribution in [0, 0.1) is 0 Å². The normalized spacial score (nSPS) is 13.6. The summed E-state index contributed by atoms with van der Waals surface area (Å²) in [7, 11) is 0. The summed E-state index contributed by atoms with van der Waals surface area (Å²) in [6.45, 7) is 6.15. The lowest BCUT2D eigenvalue weighted by Crippen LogP contribution is -2.36. The average molecular weight is 412 g/mol. The van der Waals surface area contributed by atoms with Gasteiger partial charge >= 0.3 is 11.8 Å². The number of para-hydroxylation sites is 2. The third kappa shape index (κ3) is 6.22. The van der Waals surface area contributed by atoms with Gasteiger partial charge in [-0.3, -0.25) is 9.59 Å². The molecule has 2 N–H and O–H groups in total. The van der Waals surface area contributed by atoms with Crippen molar-refractivity contribution in [1.29, 1.82) is 0 Å². The lowest BCUT2D eigenvalue weighted by Gasteiger charge is -2.28. The number of amides is 2. The molecule has 30 heavy (non-hydrogen) atoms. The van der Waals surface area contributed by atoms with Crippen LogP contribution < -0.4 is 20.3 Å². The molecule has 0 aromatic heterocycles. The molecule has 7 heteroatoms. The first-order chi connectivity index (χ1) is 14.7. The maximum Gasteiger partial charge on any atom is 0.313 e. The fourth-order valence-corrected chi connectivity index (χ4v) is 3.30. The van der Waals surface area contributed by atoms with Crippen LogP contribution in [-0.2, 0) is 20.7 Å². The van der Waals surface area contributed by atoms with Crippen molar-refractivity contribution >= 4 is 23.2 Å². The Bertz CT molecular complexity index is 833. The summed E-state index contributed by atoms with van der Waals surface area (Å²) in [5.41, 5.74) is 2.90. The molecule has 0 bridgehead atoms. The Hall–Kier alpha value is -3.06. The Kier molecular flexibility index (Phi) is 8.09. The molecular formula is C23H29N3O4. The van der Waals surface area contributed by atoms with Gasteiger partial charge in [-0.1, -0.05) is 24.3 Å². The van der Waals surface area contributed by atoms with Gasteiger partial charge in [0.2, 0.25) is 0 Å². The van der Waals surface area contributed by atoms with Gasteiger partial charge in [0.1, 0.15) is 5.75 Å². The fraction of sp³-hybridized carbons (Fsp3) is 0.391. The molecule has 2 amide bonds. The van der Waals surface area contributed by atoms with Gasteiger partial charge < -0.3 is 25.0 Å². The van der Waals surface area contributed by atoms with E-state index in [0.29, 0.717) is 24.6 Å². The largest absolute Gasteiger partial charge is 0.492 e. The predicted octanol–water partition coefficient (Wildman–Crippen LogP) is 2.61. The van der Waals surface area contributed by atoms with Crippen LogP contribution in [0.15, 0.2) is 48.5 Å². The van der Waals surface area contributed by atoms with E-state index in [-0.39, 0.29) is 0 Å². The third-order valence-corrected chi connectivity index (χ3v) is 4.88. The summed E-state index contributed by atoms with van der Waals surface area (Å²) in [6.07, 6.45) is 1.59. The number of rotatable bonds is 8. The minimum Gasteiger partial charge on any atom is -0.492 e. The first-order valence-corrected chi connectivity index (χ1v) is 10.4. The number of anilines is 2. The van der Waals surface area contributed by atoms with E-state index in [2.05, 4.69) is 39.8 Å². The van der Waals surface area contributed by atoms with Gasteiger partial charge in [-0.05, 0) is 49.6 Å². The van der Waals surface area contributed by atoms with E-state index in [9.17, 15) is 9.59 Å². The SMILES string of the molecule is CCOc1ccccc1NC(=O)C(=O)NCCCc1ccc(N2CCOCC2)cc1. The number of ether oxygens (including phenoxy) is 2. The summed E-state index contributed by atoms with van der Waals surface area (Å²) in [4.78, 5) is 26.5. The van der Waals surface area contributed by atoms with Crippen LogP contribution in [-0.4, -0.2) is 51.3 Å². The molecule has 2 aromatic carbocycles. The highest BCUT2D eigenvalue weighted by atomic mass is 16.5. The minimum atomic E-state index is -0.697. The summed E-state index contributed by atoms with van der Waals surface area (Å²) < 4.78 is 10.8. The summed E-state index contributed by atoms with van der Waals surface area (Å²) in [5.74, 6) is -0.803. The van der Waals surface area contributed by atoms with Crippen LogP contribution in [0.3, 0.4) is 0 Å². The maximum atomic E-state index is 12.1. The van der Waals surface area contributed by atoms with Crippen LogP contribution in [0.4, 0.5) is 11.4 Å². The van der Waals surface area contributed by atoms with E-state index in [1.54, 1.807) is 18.2 Å². The number of carbonyl (C=O) groups is 2. The first kappa shape index (κ1) is 21.6. The lowest BCUT2D eigenvalue weighted by atomic mass is 10.1. The van der Waals surface area contributed by atoms with Gasteiger partial charge in [0.15, 0.2) is 0 Å². The zero-order valence-corrected chi connectivity index (χ0v) is 17.4. The maximum absolute atomic E-state index is 12.1. The van der Waals surface area contributed by atoms with Crippen molar-refractivity contribution in [3.8, 4) is 5.75 Å². The van der Waals surface area contributed by atoms with Crippen molar-refractivity contribution < 1.29 is 19.1 Å². The number of nitrogens with one attached hydrogen (secondary N) is 2. The Labute approximate surface area is 177 Å². The number of hydrogen-bond donors (Lipinski definition) is 2. The van der Waals surface area contributed by atoms with Crippen LogP contribution >= 0.6 is 0 Å². The molecule has 0 unspecified atom stereocenters. The fourth-order valence-electron chi connectivity index (χ4n) is 3.30. The zero-order chi connectivity index (χ0) is 21.2. The molecule has 3 rings (SSSR count). The first-order valence-electron chi connectivity index (χ1n) is 10.4. The molecule has 1 aliphatic heterocycles. The van der Waals surface area contributed by atoms with Crippen molar-refractivity contribution in [2.45, 2.75) is 19.8 Å². The summed E-state index contributed by atoms with van der Waals surface area (Å²) >= 11 is 0. The van der Waals surface area contributed by atoms with Gasteiger partial charge in [-0.2, -0.15) is 0 Å². The molecule has 1 fully saturated rings. The molecule has 2 aromatic rings. The van der Waals surface area contributed by atoms with Crippen LogP contribution in [0.2, 0.25) is 0 Å². The number of aryl methyl sites for hydroxylation is 1. The number of morpholine rings is 1. The molecule has 1 saturated heterocycles. The molecular weight excluding hydrogens is 382 g/mol. The predicted molar refractivity (Wildman–Crippen MR) is 117 cm³/mol. The number of nitrogens with zero attached hydrogens (tertiary/aromatic N) is 1.